The van der Waals surface area contributed by atoms with Crippen LogP contribution in [0.15, 0.2) is 21.9 Å². The first-order valence-electron chi connectivity index (χ1n) is 10.9. The van der Waals surface area contributed by atoms with Crippen molar-refractivity contribution in [1.82, 2.24) is 14.6 Å². The largest absolute Gasteiger partial charge is 0.468 e. The van der Waals surface area contributed by atoms with E-state index in [1.165, 1.54) is 31.7 Å². The van der Waals surface area contributed by atoms with Crippen molar-refractivity contribution in [2.75, 3.05) is 19.5 Å². The first-order chi connectivity index (χ1) is 16.7. The number of nitrogens with one attached hydrogen (secondary N) is 2. The normalized spacial score (nSPS) is 26.4. The predicted molar refractivity (Wildman–Crippen MR) is 132 cm³/mol. The number of esters is 2. The highest BCUT2D eigenvalue weighted by Crippen LogP contribution is 2.57. The Kier molecular flexibility index (Phi) is 10.8. The second kappa shape index (κ2) is 12.7. The molecule has 0 radical (unpaired) electrons. The van der Waals surface area contributed by atoms with Crippen molar-refractivity contribution in [2.24, 2.45) is 0 Å². The molecule has 3 N–H and O–H groups in total. The summed E-state index contributed by atoms with van der Waals surface area (Å²) >= 11 is 7.13. The maximum Gasteiger partial charge on any atom is 0.328 e. The summed E-state index contributed by atoms with van der Waals surface area (Å²) in [5.74, 6) is -1.68. The molecule has 16 heteroatoms. The summed E-state index contributed by atoms with van der Waals surface area (Å²) in [6.07, 6.45) is -2.39. The number of halogens is 1. The van der Waals surface area contributed by atoms with Gasteiger partial charge in [-0.15, -0.1) is 11.6 Å². The van der Waals surface area contributed by atoms with Crippen LogP contribution in [-0.2, 0) is 39.4 Å². The number of hydrogen-bond acceptors (Lipinski definition) is 11. The third kappa shape index (κ3) is 8.17. The maximum absolute atomic E-state index is 13.5. The Labute approximate surface area is 216 Å². The number of ether oxygens (including phenoxy) is 3. The number of methoxy groups -OCH3 is 1. The molecule has 0 bridgehead atoms. The van der Waals surface area contributed by atoms with Gasteiger partial charge in [-0.25, -0.2) is 9.88 Å². The van der Waals surface area contributed by atoms with Gasteiger partial charge in [-0.3, -0.25) is 28.5 Å². The minimum absolute atomic E-state index is 0.0890. The molecule has 13 nitrogen and oxygen atoms in total. The summed E-state index contributed by atoms with van der Waals surface area (Å²) in [4.78, 5) is 47.9. The Morgan fingerprint density at radius 2 is 2.06 bits per heavy atom. The molecule has 204 valence electrons. The summed E-state index contributed by atoms with van der Waals surface area (Å²) < 4.78 is 35.7. The zero-order valence-corrected chi connectivity index (χ0v) is 22.9. The van der Waals surface area contributed by atoms with Crippen LogP contribution in [0.1, 0.15) is 27.7 Å². The lowest BCUT2D eigenvalue weighted by molar-refractivity contribution is -0.149. The number of hydrogen-bond donors (Lipinski definition) is 3. The number of aliphatic hydroxyl groups excluding tert-OH is 1. The molecule has 0 aliphatic carbocycles. The van der Waals surface area contributed by atoms with Crippen molar-refractivity contribution in [3.05, 3.63) is 33.1 Å². The molecular formula is C20H31ClN3O10PS. The van der Waals surface area contributed by atoms with Gasteiger partial charge in [0.15, 0.2) is 0 Å². The molecule has 0 aromatic carbocycles. The Morgan fingerprint density at radius 3 is 2.64 bits per heavy atom. The fourth-order valence-electron chi connectivity index (χ4n) is 3.20. The summed E-state index contributed by atoms with van der Waals surface area (Å²) in [7, 11) is 1.17. The van der Waals surface area contributed by atoms with Crippen molar-refractivity contribution >= 4 is 41.6 Å². The lowest BCUT2D eigenvalue weighted by Crippen LogP contribution is -2.44. The van der Waals surface area contributed by atoms with Crippen molar-refractivity contribution in [3.8, 4) is 0 Å². The van der Waals surface area contributed by atoms with E-state index >= 15 is 0 Å². The molecule has 0 saturated carbocycles. The fourth-order valence-corrected chi connectivity index (χ4v) is 6.93. The van der Waals surface area contributed by atoms with Crippen LogP contribution < -0.4 is 16.3 Å². The molecule has 1 aliphatic heterocycles. The van der Waals surface area contributed by atoms with Gasteiger partial charge < -0.3 is 23.8 Å². The number of carbonyl (C=O) groups is 2. The maximum atomic E-state index is 13.5. The molecule has 1 aromatic heterocycles. The second-order valence-corrected chi connectivity index (χ2v) is 13.6. The van der Waals surface area contributed by atoms with Crippen LogP contribution in [0.4, 0.5) is 0 Å². The summed E-state index contributed by atoms with van der Waals surface area (Å²) in [6.45, 7) is 1.81. The molecule has 0 spiro atoms. The van der Waals surface area contributed by atoms with Crippen LogP contribution in [0, 0.1) is 0 Å². The monoisotopic (exact) mass is 571 g/mol. The predicted octanol–water partition coefficient (Wildman–Crippen LogP) is 0.623. The van der Waals surface area contributed by atoms with Gasteiger partial charge in [-0.05, 0) is 39.1 Å². The van der Waals surface area contributed by atoms with E-state index in [4.69, 9.17) is 25.6 Å². The average Bonchev–Trinajstić information content (AvgIpc) is 3.00. The molecular weight excluding hydrogens is 541 g/mol. The first kappa shape index (κ1) is 30.6. The molecule has 1 fully saturated rings. The minimum Gasteiger partial charge on any atom is -0.468 e. The third-order valence-corrected chi connectivity index (χ3v) is 9.61. The van der Waals surface area contributed by atoms with E-state index in [-0.39, 0.29) is 12.3 Å². The Bertz CT molecular complexity index is 1090. The molecule has 6 atom stereocenters. The Balaban J connectivity index is 2.14. The highest BCUT2D eigenvalue weighted by molar-refractivity contribution is 8.56. The average molecular weight is 572 g/mol. The zero-order valence-electron chi connectivity index (χ0n) is 20.5. The van der Waals surface area contributed by atoms with Gasteiger partial charge in [-0.2, -0.15) is 0 Å². The minimum atomic E-state index is -3.92. The first-order valence-corrected chi connectivity index (χ1v) is 14.5. The number of alkyl halides is 1. The van der Waals surface area contributed by atoms with Gasteiger partial charge in [0.25, 0.3) is 5.56 Å². The molecule has 2 heterocycles. The molecule has 1 saturated heterocycles. The highest BCUT2D eigenvalue weighted by atomic mass is 35.5. The van der Waals surface area contributed by atoms with Crippen LogP contribution >= 0.6 is 29.7 Å². The standard InChI is InChI=1S/C20H31ClN3O10PS/c1-11(2)33-18(28)12(3)23-35(30,36-10-16(26)31-5)32-9-13-17(27)20(4,21)14(34-13)8-24-7-6-15(25)22-19(24)29/h6-7,11-14,17,27H,8-10H2,1-5H3,(H,23,30)(H,22,25,29)/t12?,13-,14+,17-,20+,35?/m1/s1. The topological polar surface area (TPSA) is 175 Å². The quantitative estimate of drug-likeness (QED) is 0.181. The Hall–Kier alpha value is -1.67. The van der Waals surface area contributed by atoms with Crippen LogP contribution in [0.3, 0.4) is 0 Å². The smallest absolute Gasteiger partial charge is 0.328 e. The highest BCUT2D eigenvalue weighted by Gasteiger charge is 2.52. The molecule has 2 unspecified atom stereocenters. The van der Waals surface area contributed by atoms with E-state index < -0.39 is 71.8 Å². The van der Waals surface area contributed by atoms with Crippen LogP contribution in [0.5, 0.6) is 0 Å². The number of carbonyl (C=O) groups excluding carboxylic acids is 2. The van der Waals surface area contributed by atoms with Crippen molar-refractivity contribution in [3.63, 3.8) is 0 Å². The zero-order chi connectivity index (χ0) is 27.3. The molecule has 2 rings (SSSR count). The van der Waals surface area contributed by atoms with E-state index in [0.717, 1.165) is 6.07 Å². The number of aromatic amines is 1. The molecule has 1 aliphatic rings. The van der Waals surface area contributed by atoms with Gasteiger partial charge in [0, 0.05) is 12.3 Å². The Morgan fingerprint density at radius 1 is 1.39 bits per heavy atom. The number of H-pyrrole nitrogens is 1. The number of aromatic nitrogens is 2. The van der Waals surface area contributed by atoms with Crippen LogP contribution in [-0.4, -0.2) is 81.4 Å². The lowest BCUT2D eigenvalue weighted by Gasteiger charge is -2.26. The van der Waals surface area contributed by atoms with Crippen molar-refractivity contribution in [2.45, 2.75) is 69.6 Å². The van der Waals surface area contributed by atoms with Gasteiger partial charge >= 0.3 is 24.3 Å². The van der Waals surface area contributed by atoms with Gasteiger partial charge in [0.1, 0.15) is 24.0 Å². The van der Waals surface area contributed by atoms with Crippen LogP contribution in [0.25, 0.3) is 0 Å². The SMILES string of the molecule is COC(=O)CSP(=O)(NC(C)C(=O)OC(C)C)OC[C@H]1O[C@@H](Cn2ccc(=O)[nH]c2=O)[C@](C)(Cl)[C@@H]1O. The molecule has 36 heavy (non-hydrogen) atoms. The third-order valence-electron chi connectivity index (χ3n) is 5.20. The van der Waals surface area contributed by atoms with Gasteiger partial charge in [0.2, 0.25) is 0 Å². The van der Waals surface area contributed by atoms with E-state index in [1.807, 2.05) is 0 Å². The van der Waals surface area contributed by atoms with Gasteiger partial charge in [0.05, 0.1) is 37.3 Å². The number of rotatable bonds is 12. The molecule has 1 aromatic rings. The molecule has 0 amide bonds. The van der Waals surface area contributed by atoms with Crippen molar-refractivity contribution in [1.29, 1.82) is 0 Å². The van der Waals surface area contributed by atoms with E-state index in [1.54, 1.807) is 13.8 Å². The van der Waals surface area contributed by atoms with Crippen molar-refractivity contribution < 1.29 is 38.0 Å². The van der Waals surface area contributed by atoms with E-state index in [9.17, 15) is 28.8 Å². The second-order valence-electron chi connectivity index (χ2n) is 8.50. The van der Waals surface area contributed by atoms with E-state index in [2.05, 4.69) is 14.8 Å². The van der Waals surface area contributed by atoms with Crippen LogP contribution in [0.2, 0.25) is 0 Å². The fraction of sp³-hybridized carbons (Fsp3) is 0.700. The number of nitrogens with zero attached hydrogens (tertiary/aromatic N) is 1. The number of aliphatic hydroxyl groups is 1. The summed E-state index contributed by atoms with van der Waals surface area (Å²) in [5.41, 5.74) is -1.24. The summed E-state index contributed by atoms with van der Waals surface area (Å²) in [6, 6.07) is 0.112. The van der Waals surface area contributed by atoms with E-state index in [0.29, 0.717) is 11.4 Å². The van der Waals surface area contributed by atoms with Gasteiger partial charge in [-0.1, -0.05) is 0 Å². The summed E-state index contributed by atoms with van der Waals surface area (Å²) in [5, 5.41) is 13.3. The lowest BCUT2D eigenvalue weighted by atomic mass is 9.97.